The summed E-state index contributed by atoms with van der Waals surface area (Å²) in [5.41, 5.74) is 11.8. The highest BCUT2D eigenvalue weighted by Crippen LogP contribution is 2.31. The Morgan fingerprint density at radius 3 is 2.15 bits per heavy atom. The van der Waals surface area contributed by atoms with Crippen molar-refractivity contribution in [3.8, 4) is 0 Å². The molecule has 3 aliphatic rings. The Labute approximate surface area is 244 Å². The van der Waals surface area contributed by atoms with Gasteiger partial charge < -0.3 is 21.7 Å². The number of fused-ring (bicyclic) bond motifs is 1. The summed E-state index contributed by atoms with van der Waals surface area (Å²) in [6.45, 7) is 8.01. The van der Waals surface area contributed by atoms with Crippen LogP contribution in [0.15, 0.2) is 30.3 Å². The van der Waals surface area contributed by atoms with Gasteiger partial charge in [-0.05, 0) is 50.0 Å². The van der Waals surface area contributed by atoms with E-state index in [9.17, 15) is 27.6 Å². The molecule has 2 saturated heterocycles. The fourth-order valence-electron chi connectivity index (χ4n) is 5.60. The number of piperazine rings is 1. The van der Waals surface area contributed by atoms with Crippen LogP contribution in [0.3, 0.4) is 0 Å². The topological polar surface area (TPSA) is 173 Å². The molecule has 3 atom stereocenters. The average Bonchev–Trinajstić information content (AvgIpc) is 3.39. The fourth-order valence-corrected chi connectivity index (χ4v) is 7.10. The van der Waals surface area contributed by atoms with E-state index in [2.05, 4.69) is 19.2 Å². The molecule has 0 spiro atoms. The van der Waals surface area contributed by atoms with Gasteiger partial charge in [0.2, 0.25) is 27.6 Å². The third kappa shape index (κ3) is 9.08. The minimum absolute atomic E-state index is 0.0176. The number of nitrogens with two attached hydrogens (primary N) is 2. The van der Waals surface area contributed by atoms with Crippen molar-refractivity contribution in [2.45, 2.75) is 103 Å². The zero-order valence-corrected chi connectivity index (χ0v) is 25.6. The molecule has 3 fully saturated rings. The Bertz CT molecular complexity index is 1140. The van der Waals surface area contributed by atoms with Gasteiger partial charge in [-0.3, -0.25) is 19.2 Å². The van der Waals surface area contributed by atoms with Crippen LogP contribution in [0.2, 0.25) is 0 Å². The number of primary amides is 1. The van der Waals surface area contributed by atoms with E-state index < -0.39 is 51.7 Å². The molecule has 4 rings (SSSR count). The van der Waals surface area contributed by atoms with E-state index in [1.165, 1.54) is 15.6 Å². The summed E-state index contributed by atoms with van der Waals surface area (Å²) in [6, 6.07) is 6.42. The number of amides is 3. The van der Waals surface area contributed by atoms with E-state index in [1.807, 2.05) is 13.8 Å². The molecule has 11 nitrogen and oxygen atoms in total. The highest BCUT2D eigenvalue weighted by Gasteiger charge is 2.48. The summed E-state index contributed by atoms with van der Waals surface area (Å²) >= 11 is 0. The molecule has 3 amide bonds. The van der Waals surface area contributed by atoms with Gasteiger partial charge in [-0.25, -0.2) is 8.42 Å². The second-order valence-electron chi connectivity index (χ2n) is 10.7. The van der Waals surface area contributed by atoms with Crippen LogP contribution < -0.4 is 16.8 Å². The maximum atomic E-state index is 13.2. The normalized spacial score (nSPS) is 25.0. The van der Waals surface area contributed by atoms with Crippen molar-refractivity contribution >= 4 is 33.5 Å². The number of carbonyl (C=O) groups excluding carboxylic acids is 4. The minimum atomic E-state index is -3.73. The third-order valence-electron chi connectivity index (χ3n) is 7.52. The molecule has 0 bridgehead atoms. The molecule has 230 valence electrons. The molecule has 3 unspecified atom stereocenters. The summed E-state index contributed by atoms with van der Waals surface area (Å²) in [4.78, 5) is 51.9. The Kier molecular flexibility index (Phi) is 13.4. The number of nitrogens with one attached hydrogen (secondary N) is 1. The van der Waals surface area contributed by atoms with Crippen molar-refractivity contribution in [2.75, 3.05) is 13.1 Å². The Balaban J connectivity index is 0.00000110. The lowest BCUT2D eigenvalue weighted by Gasteiger charge is -2.39. The molecule has 0 radical (unpaired) electrons. The zero-order valence-electron chi connectivity index (χ0n) is 24.8. The van der Waals surface area contributed by atoms with Gasteiger partial charge in [0.1, 0.15) is 12.1 Å². The Morgan fingerprint density at radius 1 is 1.00 bits per heavy atom. The molecule has 1 aromatic rings. The summed E-state index contributed by atoms with van der Waals surface area (Å²) in [5.74, 6) is -3.43. The fraction of sp³-hybridized carbons (Fsp3) is 0.655. The van der Waals surface area contributed by atoms with Crippen LogP contribution in [0.25, 0.3) is 0 Å². The number of hydrogen-bond donors (Lipinski definition) is 3. The molecule has 2 heterocycles. The first kappa shape index (κ1) is 34.4. The van der Waals surface area contributed by atoms with E-state index in [0.717, 1.165) is 0 Å². The average molecular weight is 594 g/mol. The van der Waals surface area contributed by atoms with Gasteiger partial charge in [0, 0.05) is 18.6 Å². The van der Waals surface area contributed by atoms with Crippen molar-refractivity contribution in [2.24, 2.45) is 17.4 Å². The summed E-state index contributed by atoms with van der Waals surface area (Å²) in [6.07, 6.45) is 4.54. The first-order valence-corrected chi connectivity index (χ1v) is 16.3. The van der Waals surface area contributed by atoms with E-state index >= 15 is 0 Å². The summed E-state index contributed by atoms with van der Waals surface area (Å²) in [7, 11) is -3.73. The van der Waals surface area contributed by atoms with E-state index in [4.69, 9.17) is 11.5 Å². The molecule has 12 heteroatoms. The third-order valence-corrected chi connectivity index (χ3v) is 9.28. The predicted molar refractivity (Wildman–Crippen MR) is 158 cm³/mol. The molecule has 41 heavy (non-hydrogen) atoms. The molecular formula is C29H47N5O6S. The minimum Gasteiger partial charge on any atom is -0.363 e. The highest BCUT2D eigenvalue weighted by atomic mass is 32.2. The Hall–Kier alpha value is -2.83. The van der Waals surface area contributed by atoms with Gasteiger partial charge >= 0.3 is 0 Å². The number of carbonyl (C=O) groups is 4. The van der Waals surface area contributed by atoms with Crippen molar-refractivity contribution < 1.29 is 27.6 Å². The quantitative estimate of drug-likeness (QED) is 0.385. The molecule has 1 saturated carbocycles. The van der Waals surface area contributed by atoms with Crippen LogP contribution in [0.5, 0.6) is 0 Å². The number of benzene rings is 1. The van der Waals surface area contributed by atoms with Crippen LogP contribution in [0.4, 0.5) is 0 Å². The largest absolute Gasteiger partial charge is 0.363 e. The van der Waals surface area contributed by atoms with Crippen LogP contribution in [-0.4, -0.2) is 78.4 Å². The van der Waals surface area contributed by atoms with Crippen molar-refractivity contribution in [1.29, 1.82) is 0 Å². The number of rotatable bonds is 8. The van der Waals surface area contributed by atoms with Crippen LogP contribution >= 0.6 is 0 Å². The first-order valence-electron chi connectivity index (χ1n) is 14.7. The molecule has 1 aromatic carbocycles. The van der Waals surface area contributed by atoms with E-state index in [-0.39, 0.29) is 30.8 Å². The number of sulfonamides is 1. The summed E-state index contributed by atoms with van der Waals surface area (Å²) < 4.78 is 27.1. The lowest BCUT2D eigenvalue weighted by molar-refractivity contribution is -0.145. The lowest BCUT2D eigenvalue weighted by Crippen LogP contribution is -2.61. The number of hydrogen-bond acceptors (Lipinski definition) is 7. The SMILES string of the molecule is CC.CCC.NC(=O)C(=O)C(NC(=O)C1CCC2CN(S(=O)(=O)Cc3ccccc3)CC(=O)N21)C1CCC(N)CC1. The number of ketones is 1. The first-order chi connectivity index (χ1) is 19.5. The van der Waals surface area contributed by atoms with Crippen molar-refractivity contribution in [1.82, 2.24) is 14.5 Å². The van der Waals surface area contributed by atoms with E-state index in [0.29, 0.717) is 44.1 Å². The zero-order chi connectivity index (χ0) is 30.7. The molecule has 5 N–H and O–H groups in total. The van der Waals surface area contributed by atoms with Crippen LogP contribution in [0, 0.1) is 5.92 Å². The molecule has 2 aliphatic heterocycles. The Morgan fingerprint density at radius 2 is 1.59 bits per heavy atom. The van der Waals surface area contributed by atoms with Gasteiger partial charge in [-0.2, -0.15) is 4.31 Å². The second-order valence-corrected chi connectivity index (χ2v) is 12.6. The van der Waals surface area contributed by atoms with Gasteiger partial charge in [-0.15, -0.1) is 0 Å². The van der Waals surface area contributed by atoms with Gasteiger partial charge in [0.25, 0.3) is 5.91 Å². The maximum Gasteiger partial charge on any atom is 0.287 e. The van der Waals surface area contributed by atoms with Crippen LogP contribution in [0.1, 0.15) is 78.2 Å². The van der Waals surface area contributed by atoms with Gasteiger partial charge in [0.05, 0.1) is 12.3 Å². The van der Waals surface area contributed by atoms with E-state index in [1.54, 1.807) is 30.3 Å². The lowest BCUT2D eigenvalue weighted by atomic mass is 9.80. The van der Waals surface area contributed by atoms with Crippen molar-refractivity contribution in [3.05, 3.63) is 35.9 Å². The maximum absolute atomic E-state index is 13.2. The second kappa shape index (κ2) is 16.0. The van der Waals surface area contributed by atoms with Crippen LogP contribution in [-0.2, 0) is 35.0 Å². The smallest absolute Gasteiger partial charge is 0.287 e. The van der Waals surface area contributed by atoms with Gasteiger partial charge in [0.15, 0.2) is 0 Å². The standard InChI is InChI=1S/C24H33N5O6S.C3H8.C2H6/c25-17-8-6-16(7-9-17)21(22(31)23(26)32)27-24(33)19-11-10-18-12-28(13-20(30)29(18)19)36(34,35)14-15-4-2-1-3-5-15;1-3-2;1-2/h1-5,16-19,21H,6-14,25H2,(H2,26,32)(H,27,33);3H2,1-2H3;1-2H3. The molecule has 0 aromatic heterocycles. The predicted octanol–water partition coefficient (Wildman–Crippen LogP) is 1.69. The molecule has 1 aliphatic carbocycles. The summed E-state index contributed by atoms with van der Waals surface area (Å²) in [5, 5.41) is 2.70. The molecular weight excluding hydrogens is 546 g/mol. The van der Waals surface area contributed by atoms with Crippen molar-refractivity contribution in [3.63, 3.8) is 0 Å². The number of nitrogens with zero attached hydrogens (tertiary/aromatic N) is 2. The van der Waals surface area contributed by atoms with Gasteiger partial charge in [-0.1, -0.05) is 64.4 Å². The highest BCUT2D eigenvalue weighted by molar-refractivity contribution is 7.88. The monoisotopic (exact) mass is 593 g/mol. The number of Topliss-reactive ketones (excluding diaryl/α,β-unsaturated/α-hetero) is 1.